The largest absolute Gasteiger partial charge is 0.472 e. The SMILES string of the molecule is COC(=O)C[C@H]1C(C)(C)[C@H](OC(=O)C(C)C)[C@@H]2CC3=C4CC(=O)O[C@@H](c5ccoc5)[C@]4(C)CC[C@@H]3[C@@]1(C)C2=O. The quantitative estimate of drug-likeness (QED) is 0.279. The van der Waals surface area contributed by atoms with Crippen molar-refractivity contribution in [3.8, 4) is 0 Å². The first-order chi connectivity index (χ1) is 18.3. The summed E-state index contributed by atoms with van der Waals surface area (Å²) < 4.78 is 22.5. The van der Waals surface area contributed by atoms with Crippen molar-refractivity contribution >= 4 is 23.7 Å². The van der Waals surface area contributed by atoms with E-state index >= 15 is 0 Å². The van der Waals surface area contributed by atoms with Gasteiger partial charge in [-0.1, -0.05) is 47.1 Å². The average molecular weight is 541 g/mol. The Bertz CT molecular complexity index is 1220. The molecule has 8 nitrogen and oxygen atoms in total. The van der Waals surface area contributed by atoms with Gasteiger partial charge < -0.3 is 18.6 Å². The zero-order valence-electron chi connectivity index (χ0n) is 24.0. The summed E-state index contributed by atoms with van der Waals surface area (Å²) in [4.78, 5) is 53.0. The van der Waals surface area contributed by atoms with Gasteiger partial charge in [-0.2, -0.15) is 0 Å². The third-order valence-corrected chi connectivity index (χ3v) is 10.5. The first kappa shape index (κ1) is 27.7. The molecule has 0 aromatic carbocycles. The van der Waals surface area contributed by atoms with Crippen molar-refractivity contribution in [1.29, 1.82) is 0 Å². The van der Waals surface area contributed by atoms with Crippen molar-refractivity contribution < 1.29 is 37.8 Å². The molecule has 3 fully saturated rings. The number of fused-ring (bicyclic) bond motifs is 5. The molecule has 1 aromatic heterocycles. The van der Waals surface area contributed by atoms with Gasteiger partial charge in [0.15, 0.2) is 0 Å². The minimum atomic E-state index is -0.877. The summed E-state index contributed by atoms with van der Waals surface area (Å²) in [6, 6.07) is 1.83. The molecule has 1 saturated heterocycles. The second-order valence-corrected chi connectivity index (χ2v) is 13.2. The number of methoxy groups -OCH3 is 1. The van der Waals surface area contributed by atoms with Crippen LogP contribution < -0.4 is 0 Å². The van der Waals surface area contributed by atoms with Crippen molar-refractivity contribution in [3.63, 3.8) is 0 Å². The number of allylic oxidation sites excluding steroid dienone is 1. The Morgan fingerprint density at radius 3 is 2.49 bits per heavy atom. The number of rotatable bonds is 5. The third kappa shape index (κ3) is 4.00. The zero-order valence-corrected chi connectivity index (χ0v) is 24.0. The van der Waals surface area contributed by atoms with E-state index < -0.39 is 46.3 Å². The molecule has 7 atom stereocenters. The van der Waals surface area contributed by atoms with E-state index in [0.29, 0.717) is 6.42 Å². The van der Waals surface area contributed by atoms with E-state index in [4.69, 9.17) is 18.6 Å². The van der Waals surface area contributed by atoms with Crippen LogP contribution in [0.4, 0.5) is 0 Å². The van der Waals surface area contributed by atoms with Crippen LogP contribution in [-0.4, -0.2) is 36.9 Å². The first-order valence-electron chi connectivity index (χ1n) is 14.0. The molecule has 0 spiro atoms. The summed E-state index contributed by atoms with van der Waals surface area (Å²) >= 11 is 0. The van der Waals surface area contributed by atoms with Crippen molar-refractivity contribution in [3.05, 3.63) is 35.3 Å². The van der Waals surface area contributed by atoms with Gasteiger partial charge in [0.2, 0.25) is 0 Å². The molecule has 5 rings (SSSR count). The Kier molecular flexibility index (Phi) is 6.62. The number of cyclic esters (lactones) is 1. The molecule has 212 valence electrons. The molecule has 0 N–H and O–H groups in total. The van der Waals surface area contributed by atoms with Gasteiger partial charge in [0.25, 0.3) is 0 Å². The fourth-order valence-electron chi connectivity index (χ4n) is 8.46. The van der Waals surface area contributed by atoms with Gasteiger partial charge in [0.05, 0.1) is 37.9 Å². The minimum absolute atomic E-state index is 0.0417. The average Bonchev–Trinajstić information content (AvgIpc) is 3.41. The molecule has 2 bridgehead atoms. The van der Waals surface area contributed by atoms with Crippen molar-refractivity contribution in [2.75, 3.05) is 7.11 Å². The monoisotopic (exact) mass is 540 g/mol. The number of carbonyl (C=O) groups is 4. The molecule has 4 aliphatic rings. The van der Waals surface area contributed by atoms with E-state index in [1.807, 2.05) is 26.8 Å². The van der Waals surface area contributed by atoms with E-state index in [-0.39, 0.29) is 42.4 Å². The Morgan fingerprint density at radius 2 is 1.87 bits per heavy atom. The molecule has 0 amide bonds. The Balaban J connectivity index is 1.68. The van der Waals surface area contributed by atoms with Gasteiger partial charge in [-0.15, -0.1) is 0 Å². The molecule has 0 unspecified atom stereocenters. The summed E-state index contributed by atoms with van der Waals surface area (Å²) in [6.45, 7) is 11.7. The maximum atomic E-state index is 14.4. The van der Waals surface area contributed by atoms with Crippen molar-refractivity contribution in [2.45, 2.75) is 85.9 Å². The van der Waals surface area contributed by atoms with Gasteiger partial charge in [0, 0.05) is 28.2 Å². The fraction of sp³-hybridized carbons (Fsp3) is 0.677. The fourth-order valence-corrected chi connectivity index (χ4v) is 8.46. The molecule has 0 radical (unpaired) electrons. The molecule has 39 heavy (non-hydrogen) atoms. The predicted octanol–water partition coefficient (Wildman–Crippen LogP) is 5.36. The van der Waals surface area contributed by atoms with Gasteiger partial charge in [-0.05, 0) is 42.7 Å². The second-order valence-electron chi connectivity index (χ2n) is 13.2. The number of ether oxygens (including phenoxy) is 3. The Labute approximate surface area is 229 Å². The number of Topliss-reactive ketones (excluding diaryl/α,β-unsaturated/α-hetero) is 1. The van der Waals surface area contributed by atoms with E-state index in [1.165, 1.54) is 7.11 Å². The summed E-state index contributed by atoms with van der Waals surface area (Å²) in [7, 11) is 1.35. The predicted molar refractivity (Wildman–Crippen MR) is 140 cm³/mol. The maximum absolute atomic E-state index is 14.4. The topological polar surface area (TPSA) is 109 Å². The van der Waals surface area contributed by atoms with Crippen LogP contribution in [0.2, 0.25) is 0 Å². The second kappa shape index (κ2) is 9.34. The number of hydrogen-bond donors (Lipinski definition) is 0. The minimum Gasteiger partial charge on any atom is -0.472 e. The molecule has 2 heterocycles. The number of ketones is 1. The number of furan rings is 1. The summed E-state index contributed by atoms with van der Waals surface area (Å²) in [5, 5.41) is 0. The van der Waals surface area contributed by atoms with E-state index in [9.17, 15) is 19.2 Å². The van der Waals surface area contributed by atoms with E-state index in [2.05, 4.69) is 6.92 Å². The van der Waals surface area contributed by atoms with E-state index in [0.717, 1.165) is 29.6 Å². The lowest BCUT2D eigenvalue weighted by atomic mass is 9.40. The number of esters is 3. The van der Waals surface area contributed by atoms with E-state index in [1.54, 1.807) is 26.4 Å². The Hall–Kier alpha value is -2.90. The highest BCUT2D eigenvalue weighted by atomic mass is 16.6. The zero-order chi connectivity index (χ0) is 28.5. The van der Waals surface area contributed by atoms with Crippen LogP contribution in [0, 0.1) is 39.9 Å². The van der Waals surface area contributed by atoms with Crippen LogP contribution in [0.3, 0.4) is 0 Å². The Morgan fingerprint density at radius 1 is 1.15 bits per heavy atom. The molecule has 1 aliphatic heterocycles. The third-order valence-electron chi connectivity index (χ3n) is 10.5. The molecule has 2 saturated carbocycles. The van der Waals surface area contributed by atoms with Gasteiger partial charge >= 0.3 is 17.9 Å². The van der Waals surface area contributed by atoms with Crippen LogP contribution in [0.15, 0.2) is 34.2 Å². The maximum Gasteiger partial charge on any atom is 0.310 e. The lowest BCUT2D eigenvalue weighted by molar-refractivity contribution is -0.200. The summed E-state index contributed by atoms with van der Waals surface area (Å²) in [5.74, 6) is -2.49. The van der Waals surface area contributed by atoms with Crippen LogP contribution >= 0.6 is 0 Å². The lowest BCUT2D eigenvalue weighted by Crippen LogP contribution is -2.66. The van der Waals surface area contributed by atoms with Crippen molar-refractivity contribution in [2.24, 2.45) is 39.9 Å². The molecular formula is C31H40O8. The number of hydrogen-bond acceptors (Lipinski definition) is 8. The van der Waals surface area contributed by atoms with Crippen LogP contribution in [0.1, 0.15) is 85.3 Å². The molecule has 1 aromatic rings. The van der Waals surface area contributed by atoms with Gasteiger partial charge in [-0.3, -0.25) is 19.2 Å². The van der Waals surface area contributed by atoms with Crippen LogP contribution in [0.25, 0.3) is 0 Å². The van der Waals surface area contributed by atoms with Crippen molar-refractivity contribution in [1.82, 2.24) is 0 Å². The summed E-state index contributed by atoms with van der Waals surface area (Å²) in [5.41, 5.74) is 0.943. The van der Waals surface area contributed by atoms with Gasteiger partial charge in [-0.25, -0.2) is 0 Å². The smallest absolute Gasteiger partial charge is 0.310 e. The number of carbonyl (C=O) groups excluding carboxylic acids is 4. The van der Waals surface area contributed by atoms with Crippen LogP contribution in [0.5, 0.6) is 0 Å². The molecule has 3 aliphatic carbocycles. The highest BCUT2D eigenvalue weighted by Crippen LogP contribution is 2.68. The molecule has 8 heteroatoms. The highest BCUT2D eigenvalue weighted by Gasteiger charge is 2.68. The first-order valence-corrected chi connectivity index (χ1v) is 14.0. The van der Waals surface area contributed by atoms with Crippen LogP contribution in [-0.2, 0) is 33.4 Å². The standard InChI is InChI=1S/C31H40O8/c1-16(2)28(35)39-27-19-12-18-20(31(6,25(19)34)22(29(27,3)4)14-23(32)36-7)8-10-30(5)21(18)13-24(33)38-26(30)17-9-11-37-15-17/h9,11,15-16,19-20,22,26-27H,8,10,12-14H2,1-7H3/t19-,20+,22+,26+,27-,30-,31-/m1/s1. The lowest BCUT2D eigenvalue weighted by Gasteiger charge is -2.63. The van der Waals surface area contributed by atoms with Gasteiger partial charge in [0.1, 0.15) is 18.0 Å². The highest BCUT2D eigenvalue weighted by molar-refractivity contribution is 5.92. The summed E-state index contributed by atoms with van der Waals surface area (Å²) in [6.07, 6.45) is 4.11. The normalized spacial score (nSPS) is 37.1. The molecular weight excluding hydrogens is 500 g/mol.